The van der Waals surface area contributed by atoms with Crippen molar-refractivity contribution >= 4 is 27.4 Å². The van der Waals surface area contributed by atoms with Crippen LogP contribution in [0, 0.1) is 5.92 Å². The zero-order chi connectivity index (χ0) is 20.1. The molecule has 0 radical (unpaired) electrons. The number of urea groups is 1. The Kier molecular flexibility index (Phi) is 6.08. The third-order valence-corrected chi connectivity index (χ3v) is 5.93. The summed E-state index contributed by atoms with van der Waals surface area (Å²) in [6.07, 6.45) is 2.19. The molecule has 1 aliphatic carbocycles. The van der Waals surface area contributed by atoms with Crippen LogP contribution in [-0.4, -0.2) is 27.3 Å². The van der Waals surface area contributed by atoms with Crippen LogP contribution in [0.2, 0.25) is 0 Å². The fourth-order valence-corrected chi connectivity index (χ4v) is 3.61. The molecule has 3 N–H and O–H groups in total. The lowest BCUT2D eigenvalue weighted by Gasteiger charge is -2.19. The summed E-state index contributed by atoms with van der Waals surface area (Å²) in [6.45, 7) is 1.55. The van der Waals surface area contributed by atoms with E-state index in [1.165, 1.54) is 7.11 Å². The molecule has 1 unspecified atom stereocenters. The molecule has 1 aliphatic rings. The molecule has 150 valence electrons. The molecule has 3 rings (SSSR count). The molecule has 2 aromatic rings. The SMILES string of the molecule is CCS(=O)(=O)Nc1ccc(NC(=O)NC(c2ccccc2)C2CC2)cc1OC. The molecule has 1 saturated carbocycles. The average Bonchev–Trinajstić information content (AvgIpc) is 3.53. The highest BCUT2D eigenvalue weighted by Gasteiger charge is 2.33. The topological polar surface area (TPSA) is 96.5 Å². The fraction of sp³-hybridized carbons (Fsp3) is 0.350. The summed E-state index contributed by atoms with van der Waals surface area (Å²) in [5.41, 5.74) is 1.92. The number of hydrogen-bond acceptors (Lipinski definition) is 4. The van der Waals surface area contributed by atoms with Gasteiger partial charge in [-0.3, -0.25) is 4.72 Å². The van der Waals surface area contributed by atoms with Crippen LogP contribution < -0.4 is 20.1 Å². The second-order valence-electron chi connectivity index (χ2n) is 6.74. The van der Waals surface area contributed by atoms with Gasteiger partial charge in [0.05, 0.1) is 24.6 Å². The monoisotopic (exact) mass is 403 g/mol. The number of hydrogen-bond donors (Lipinski definition) is 3. The summed E-state index contributed by atoms with van der Waals surface area (Å²) in [4.78, 5) is 12.5. The van der Waals surface area contributed by atoms with Gasteiger partial charge in [-0.25, -0.2) is 13.2 Å². The van der Waals surface area contributed by atoms with Crippen molar-refractivity contribution in [1.29, 1.82) is 0 Å². The van der Waals surface area contributed by atoms with Gasteiger partial charge in [0.2, 0.25) is 10.0 Å². The second-order valence-corrected chi connectivity index (χ2v) is 8.76. The first-order valence-electron chi connectivity index (χ1n) is 9.23. The Hall–Kier alpha value is -2.74. The first-order valence-corrected chi connectivity index (χ1v) is 10.9. The third kappa shape index (κ3) is 5.16. The van der Waals surface area contributed by atoms with Gasteiger partial charge in [0.1, 0.15) is 5.75 Å². The number of benzene rings is 2. The van der Waals surface area contributed by atoms with Crippen molar-refractivity contribution in [3.8, 4) is 5.75 Å². The standard InChI is InChI=1S/C20H25N3O4S/c1-3-28(25,26)23-17-12-11-16(13-18(17)27-2)21-20(24)22-19(15-9-10-15)14-7-5-4-6-8-14/h4-8,11-13,15,19,23H,3,9-10H2,1-2H3,(H2,21,22,24). The lowest BCUT2D eigenvalue weighted by molar-refractivity contribution is 0.247. The second kappa shape index (κ2) is 8.52. The Labute approximate surface area is 165 Å². The zero-order valence-electron chi connectivity index (χ0n) is 15.9. The maximum Gasteiger partial charge on any atom is 0.319 e. The molecular formula is C20H25N3O4S. The van der Waals surface area contributed by atoms with Gasteiger partial charge in [0.25, 0.3) is 0 Å². The van der Waals surface area contributed by atoms with Crippen LogP contribution in [0.25, 0.3) is 0 Å². The normalized spacial score (nSPS) is 14.8. The van der Waals surface area contributed by atoms with Crippen LogP contribution in [0.3, 0.4) is 0 Å². The molecule has 8 heteroatoms. The van der Waals surface area contributed by atoms with Gasteiger partial charge in [-0.2, -0.15) is 0 Å². The van der Waals surface area contributed by atoms with E-state index in [-0.39, 0.29) is 17.8 Å². The van der Waals surface area contributed by atoms with E-state index in [9.17, 15) is 13.2 Å². The number of ether oxygens (including phenoxy) is 1. The van der Waals surface area contributed by atoms with Crippen molar-refractivity contribution in [2.75, 3.05) is 22.9 Å². The van der Waals surface area contributed by atoms with Crippen molar-refractivity contribution in [3.63, 3.8) is 0 Å². The lowest BCUT2D eigenvalue weighted by atomic mass is 10.0. The molecular weight excluding hydrogens is 378 g/mol. The molecule has 0 spiro atoms. The molecule has 0 bridgehead atoms. The Bertz CT molecular complexity index is 928. The zero-order valence-corrected chi connectivity index (χ0v) is 16.8. The van der Waals surface area contributed by atoms with Crippen molar-refractivity contribution in [2.24, 2.45) is 5.92 Å². The number of methoxy groups -OCH3 is 1. The highest BCUT2D eigenvalue weighted by Crippen LogP contribution is 2.41. The minimum Gasteiger partial charge on any atom is -0.494 e. The number of carbonyl (C=O) groups excluding carboxylic acids is 1. The number of carbonyl (C=O) groups is 1. The summed E-state index contributed by atoms with van der Waals surface area (Å²) in [5, 5.41) is 5.84. The smallest absolute Gasteiger partial charge is 0.319 e. The quantitative estimate of drug-likeness (QED) is 0.626. The van der Waals surface area contributed by atoms with Crippen LogP contribution in [-0.2, 0) is 10.0 Å². The number of amides is 2. The van der Waals surface area contributed by atoms with Crippen LogP contribution in [0.5, 0.6) is 5.75 Å². The maximum atomic E-state index is 12.5. The Morgan fingerprint density at radius 1 is 1.18 bits per heavy atom. The Balaban J connectivity index is 1.69. The highest BCUT2D eigenvalue weighted by molar-refractivity contribution is 7.92. The molecule has 0 aromatic heterocycles. The van der Waals surface area contributed by atoms with E-state index < -0.39 is 10.0 Å². The van der Waals surface area contributed by atoms with E-state index in [0.717, 1.165) is 18.4 Å². The molecule has 2 amide bonds. The average molecular weight is 404 g/mol. The number of sulfonamides is 1. The summed E-state index contributed by atoms with van der Waals surface area (Å²) >= 11 is 0. The van der Waals surface area contributed by atoms with Crippen LogP contribution >= 0.6 is 0 Å². The third-order valence-electron chi connectivity index (χ3n) is 4.64. The first-order chi connectivity index (χ1) is 13.4. The molecule has 2 aromatic carbocycles. The molecule has 0 saturated heterocycles. The van der Waals surface area contributed by atoms with Crippen LogP contribution in [0.4, 0.5) is 16.2 Å². The summed E-state index contributed by atoms with van der Waals surface area (Å²) in [7, 11) is -1.97. The molecule has 7 nitrogen and oxygen atoms in total. The highest BCUT2D eigenvalue weighted by atomic mass is 32.2. The minimum absolute atomic E-state index is 0.0290. The number of rotatable bonds is 8. The molecule has 1 fully saturated rings. The number of anilines is 2. The van der Waals surface area contributed by atoms with E-state index >= 15 is 0 Å². The van der Waals surface area contributed by atoms with Crippen LogP contribution in [0.15, 0.2) is 48.5 Å². The summed E-state index contributed by atoms with van der Waals surface area (Å²) in [5.74, 6) is 0.741. The Morgan fingerprint density at radius 2 is 1.89 bits per heavy atom. The minimum atomic E-state index is -3.42. The molecule has 0 heterocycles. The van der Waals surface area contributed by atoms with E-state index in [4.69, 9.17) is 4.74 Å². The fourth-order valence-electron chi connectivity index (χ4n) is 2.96. The first kappa shape index (κ1) is 20.0. The summed E-state index contributed by atoms with van der Waals surface area (Å²) in [6, 6.07) is 14.3. The van der Waals surface area contributed by atoms with Crippen molar-refractivity contribution in [1.82, 2.24) is 5.32 Å². The Morgan fingerprint density at radius 3 is 2.50 bits per heavy atom. The van der Waals surface area contributed by atoms with Gasteiger partial charge >= 0.3 is 6.03 Å². The number of nitrogens with one attached hydrogen (secondary N) is 3. The van der Waals surface area contributed by atoms with E-state index in [0.29, 0.717) is 23.0 Å². The van der Waals surface area contributed by atoms with Gasteiger partial charge in [-0.15, -0.1) is 0 Å². The van der Waals surface area contributed by atoms with E-state index in [1.807, 2.05) is 30.3 Å². The van der Waals surface area contributed by atoms with Gasteiger partial charge < -0.3 is 15.4 Å². The summed E-state index contributed by atoms with van der Waals surface area (Å²) < 4.78 is 31.3. The maximum absolute atomic E-state index is 12.5. The van der Waals surface area contributed by atoms with Gasteiger partial charge in [0.15, 0.2) is 0 Å². The van der Waals surface area contributed by atoms with Gasteiger partial charge in [0, 0.05) is 11.8 Å². The van der Waals surface area contributed by atoms with E-state index in [1.54, 1.807) is 25.1 Å². The predicted molar refractivity (Wildman–Crippen MR) is 110 cm³/mol. The van der Waals surface area contributed by atoms with Crippen molar-refractivity contribution in [2.45, 2.75) is 25.8 Å². The largest absolute Gasteiger partial charge is 0.494 e. The van der Waals surface area contributed by atoms with Gasteiger partial charge in [-0.1, -0.05) is 30.3 Å². The van der Waals surface area contributed by atoms with Crippen LogP contribution in [0.1, 0.15) is 31.4 Å². The lowest BCUT2D eigenvalue weighted by Crippen LogP contribution is -2.33. The van der Waals surface area contributed by atoms with Crippen molar-refractivity contribution < 1.29 is 17.9 Å². The van der Waals surface area contributed by atoms with Crippen molar-refractivity contribution in [3.05, 3.63) is 54.1 Å². The predicted octanol–water partition coefficient (Wildman–Crippen LogP) is 3.73. The van der Waals surface area contributed by atoms with E-state index in [2.05, 4.69) is 15.4 Å². The molecule has 28 heavy (non-hydrogen) atoms. The molecule has 1 atom stereocenters. The van der Waals surface area contributed by atoms with Gasteiger partial charge in [-0.05, 0) is 43.4 Å². The molecule has 0 aliphatic heterocycles.